The van der Waals surface area contributed by atoms with E-state index in [4.69, 9.17) is 15.0 Å². The van der Waals surface area contributed by atoms with Gasteiger partial charge in [-0.2, -0.15) is 0 Å². The monoisotopic (exact) mass is 654 g/mol. The van der Waals surface area contributed by atoms with Crippen LogP contribution < -0.4 is 0 Å². The first kappa shape index (κ1) is 30.5. The Hall–Kier alpha value is -6.52. The summed E-state index contributed by atoms with van der Waals surface area (Å²) in [6.45, 7) is 2.00. The summed E-state index contributed by atoms with van der Waals surface area (Å²) in [6.07, 6.45) is 8.50. The van der Waals surface area contributed by atoms with Crippen molar-refractivity contribution in [3.63, 3.8) is 0 Å². The number of hydrogen-bond donors (Lipinski definition) is 0. The topological polar surface area (TPSA) is 51.6 Å². The Kier molecular flexibility index (Phi) is 7.82. The molecule has 0 N–H and O–H groups in total. The van der Waals surface area contributed by atoms with Crippen molar-refractivity contribution in [2.45, 2.75) is 19.8 Å². The normalized spacial score (nSPS) is 12.2. The Labute approximate surface area is 297 Å². The molecule has 8 aromatic rings. The minimum Gasteiger partial charge on any atom is -0.237 e. The molecule has 0 saturated carbocycles. The standard InChI is InChI=1S/C47H34N4/c1-31-23-24-48-46(49-31)37-20-12-19-34(25-37)38-27-39(45-41-21-10-8-17-35(41)26-36-18-9-11-22-42(36)45)29-40(28-38)47-50-43(32-13-4-2-5-14-32)30-44(51-47)33-15-6-3-7-16-33/h2-8,10-17,19-30H,9,18H2,1H3. The molecule has 0 fully saturated rings. The quantitative estimate of drug-likeness (QED) is 0.179. The van der Waals surface area contributed by atoms with E-state index in [1.807, 2.05) is 31.3 Å². The number of aromatic nitrogens is 4. The lowest BCUT2D eigenvalue weighted by Crippen LogP contribution is -2.00. The van der Waals surface area contributed by atoms with Gasteiger partial charge in [0.15, 0.2) is 11.6 Å². The zero-order chi connectivity index (χ0) is 34.1. The van der Waals surface area contributed by atoms with E-state index in [1.54, 1.807) is 0 Å². The predicted molar refractivity (Wildman–Crippen MR) is 210 cm³/mol. The fourth-order valence-corrected chi connectivity index (χ4v) is 7.15. The Morgan fingerprint density at radius 3 is 1.90 bits per heavy atom. The number of rotatable bonds is 6. The average Bonchev–Trinajstić information content (AvgIpc) is 3.20. The van der Waals surface area contributed by atoms with Gasteiger partial charge in [0.05, 0.1) is 11.4 Å². The number of aryl methyl sites for hydroxylation is 2. The third-order valence-electron chi connectivity index (χ3n) is 9.63. The first-order valence-electron chi connectivity index (χ1n) is 17.4. The second-order valence-electron chi connectivity index (χ2n) is 13.1. The van der Waals surface area contributed by atoms with Crippen LogP contribution in [-0.2, 0) is 6.42 Å². The fourth-order valence-electron chi connectivity index (χ4n) is 7.15. The van der Waals surface area contributed by atoms with E-state index < -0.39 is 0 Å². The molecule has 0 aliphatic heterocycles. The van der Waals surface area contributed by atoms with Gasteiger partial charge in [0, 0.05) is 34.1 Å². The van der Waals surface area contributed by atoms with Crippen molar-refractivity contribution in [1.82, 2.24) is 19.9 Å². The van der Waals surface area contributed by atoms with Crippen molar-refractivity contribution in [2.75, 3.05) is 0 Å². The Bertz CT molecular complexity index is 2530. The van der Waals surface area contributed by atoms with Crippen LogP contribution in [-0.4, -0.2) is 19.9 Å². The molecule has 2 heterocycles. The van der Waals surface area contributed by atoms with Gasteiger partial charge in [-0.15, -0.1) is 0 Å². The van der Waals surface area contributed by atoms with Gasteiger partial charge in [-0.25, -0.2) is 19.9 Å². The predicted octanol–water partition coefficient (Wildman–Crippen LogP) is 11.7. The molecule has 0 atom stereocenters. The van der Waals surface area contributed by atoms with E-state index in [9.17, 15) is 0 Å². The van der Waals surface area contributed by atoms with Gasteiger partial charge in [-0.1, -0.05) is 121 Å². The van der Waals surface area contributed by atoms with Crippen LogP contribution >= 0.6 is 0 Å². The van der Waals surface area contributed by atoms with Crippen LogP contribution in [0.3, 0.4) is 0 Å². The van der Waals surface area contributed by atoms with Crippen LogP contribution in [0.25, 0.3) is 84.4 Å². The van der Waals surface area contributed by atoms with Crippen LogP contribution in [0.1, 0.15) is 23.2 Å². The summed E-state index contributed by atoms with van der Waals surface area (Å²) in [4.78, 5) is 19.8. The van der Waals surface area contributed by atoms with Crippen molar-refractivity contribution < 1.29 is 0 Å². The first-order chi connectivity index (χ1) is 25.2. The summed E-state index contributed by atoms with van der Waals surface area (Å²) < 4.78 is 0. The highest BCUT2D eigenvalue weighted by molar-refractivity contribution is 6.03. The molecule has 1 aliphatic rings. The molecule has 2 aromatic heterocycles. The Morgan fingerprint density at radius 1 is 0.490 bits per heavy atom. The lowest BCUT2D eigenvalue weighted by atomic mass is 9.84. The Balaban J connectivity index is 1.31. The van der Waals surface area contributed by atoms with Gasteiger partial charge in [0.25, 0.3) is 0 Å². The highest BCUT2D eigenvalue weighted by Gasteiger charge is 2.19. The molecule has 6 aromatic carbocycles. The molecular weight excluding hydrogens is 621 g/mol. The molecule has 4 heteroatoms. The number of benzene rings is 6. The fraction of sp³-hybridized carbons (Fsp3) is 0.0638. The van der Waals surface area contributed by atoms with Gasteiger partial charge in [0.1, 0.15) is 0 Å². The molecule has 0 radical (unpaired) electrons. The minimum atomic E-state index is 0.682. The summed E-state index contributed by atoms with van der Waals surface area (Å²) in [5.41, 5.74) is 13.9. The van der Waals surface area contributed by atoms with Crippen molar-refractivity contribution in [3.05, 3.63) is 175 Å². The van der Waals surface area contributed by atoms with Gasteiger partial charge in [0.2, 0.25) is 0 Å². The van der Waals surface area contributed by atoms with Crippen molar-refractivity contribution >= 4 is 16.8 Å². The zero-order valence-electron chi connectivity index (χ0n) is 28.3. The van der Waals surface area contributed by atoms with Crippen molar-refractivity contribution in [2.24, 2.45) is 0 Å². The van der Waals surface area contributed by atoms with Gasteiger partial charge in [-0.05, 0) is 100 Å². The molecule has 242 valence electrons. The molecule has 4 nitrogen and oxygen atoms in total. The minimum absolute atomic E-state index is 0.682. The van der Waals surface area contributed by atoms with E-state index in [1.165, 1.54) is 27.5 Å². The maximum absolute atomic E-state index is 5.25. The van der Waals surface area contributed by atoms with E-state index >= 15 is 0 Å². The highest BCUT2D eigenvalue weighted by atomic mass is 14.9. The molecule has 0 unspecified atom stereocenters. The second kappa shape index (κ2) is 13.1. The largest absolute Gasteiger partial charge is 0.237 e. The molecule has 0 spiro atoms. The highest BCUT2D eigenvalue weighted by Crippen LogP contribution is 2.41. The summed E-state index contributed by atoms with van der Waals surface area (Å²) in [6, 6.07) is 51.2. The molecule has 51 heavy (non-hydrogen) atoms. The third kappa shape index (κ3) is 6.02. The number of allylic oxidation sites excluding steroid dienone is 1. The average molecular weight is 655 g/mol. The zero-order valence-corrected chi connectivity index (χ0v) is 28.3. The van der Waals surface area contributed by atoms with E-state index in [-0.39, 0.29) is 0 Å². The van der Waals surface area contributed by atoms with Crippen LogP contribution in [0.5, 0.6) is 0 Å². The number of hydrogen-bond acceptors (Lipinski definition) is 4. The second-order valence-corrected chi connectivity index (χ2v) is 13.1. The maximum atomic E-state index is 5.25. The van der Waals surface area contributed by atoms with Crippen molar-refractivity contribution in [1.29, 1.82) is 0 Å². The molecule has 0 saturated heterocycles. The third-order valence-corrected chi connectivity index (χ3v) is 9.63. The summed E-state index contributed by atoms with van der Waals surface area (Å²) in [5.74, 6) is 1.40. The van der Waals surface area contributed by atoms with E-state index in [0.29, 0.717) is 11.6 Å². The van der Waals surface area contributed by atoms with Crippen LogP contribution in [0, 0.1) is 6.92 Å². The van der Waals surface area contributed by atoms with Crippen molar-refractivity contribution in [3.8, 4) is 67.5 Å². The van der Waals surface area contributed by atoms with Crippen LogP contribution in [0.4, 0.5) is 0 Å². The Morgan fingerprint density at radius 2 is 1.14 bits per heavy atom. The molecule has 9 rings (SSSR count). The van der Waals surface area contributed by atoms with Crippen LogP contribution in [0.15, 0.2) is 158 Å². The maximum Gasteiger partial charge on any atom is 0.160 e. The SMILES string of the molecule is Cc1ccnc(-c2cccc(-c3cc(-c4nc(-c5ccccc5)cc(-c5ccccc5)n4)cc(-c4c5c(cc6ccccc46)CCC=C5)c3)c2)n1. The number of fused-ring (bicyclic) bond motifs is 2. The summed E-state index contributed by atoms with van der Waals surface area (Å²) in [7, 11) is 0. The van der Waals surface area contributed by atoms with Gasteiger partial charge in [-0.3, -0.25) is 0 Å². The molecule has 0 amide bonds. The summed E-state index contributed by atoms with van der Waals surface area (Å²) in [5, 5.41) is 2.48. The smallest absolute Gasteiger partial charge is 0.160 e. The number of nitrogens with zero attached hydrogens (tertiary/aromatic N) is 4. The lowest BCUT2D eigenvalue weighted by molar-refractivity contribution is 0.989. The molecule has 0 bridgehead atoms. The lowest BCUT2D eigenvalue weighted by Gasteiger charge is -2.20. The van der Waals surface area contributed by atoms with Crippen LogP contribution in [0.2, 0.25) is 0 Å². The van der Waals surface area contributed by atoms with Gasteiger partial charge < -0.3 is 0 Å². The summed E-state index contributed by atoms with van der Waals surface area (Å²) >= 11 is 0. The molecular formula is C47H34N4. The van der Waals surface area contributed by atoms with Gasteiger partial charge >= 0.3 is 0 Å². The van der Waals surface area contributed by atoms with E-state index in [2.05, 4.69) is 145 Å². The van der Waals surface area contributed by atoms with E-state index in [0.717, 1.165) is 68.9 Å². The molecule has 1 aliphatic carbocycles. The first-order valence-corrected chi connectivity index (χ1v) is 17.4.